The molecule has 1 aliphatic heterocycles. The summed E-state index contributed by atoms with van der Waals surface area (Å²) in [5.74, 6) is -3.50. The van der Waals surface area contributed by atoms with Gasteiger partial charge in [0, 0.05) is 16.6 Å². The Labute approximate surface area is 233 Å². The van der Waals surface area contributed by atoms with Crippen LogP contribution in [0.5, 0.6) is 0 Å². The normalized spacial score (nSPS) is 14.9. The molecule has 0 bridgehead atoms. The fourth-order valence-corrected chi connectivity index (χ4v) is 4.80. The van der Waals surface area contributed by atoms with Crippen molar-refractivity contribution in [2.75, 3.05) is 18.5 Å². The van der Waals surface area contributed by atoms with Gasteiger partial charge in [0.05, 0.1) is 23.4 Å². The van der Waals surface area contributed by atoms with Gasteiger partial charge in [-0.05, 0) is 51.7 Å². The second-order valence-electron chi connectivity index (χ2n) is 8.87. The van der Waals surface area contributed by atoms with Crippen LogP contribution >= 0.6 is 27.5 Å². The number of ether oxygens (including phenoxy) is 1. The van der Waals surface area contributed by atoms with Crippen LogP contribution < -0.4 is 10.7 Å². The maximum absolute atomic E-state index is 13.3. The summed E-state index contributed by atoms with van der Waals surface area (Å²) in [4.78, 5) is 50.8. The molecule has 1 saturated heterocycles. The van der Waals surface area contributed by atoms with Crippen molar-refractivity contribution in [3.8, 4) is 0 Å². The Kier molecular flexibility index (Phi) is 8.81. The zero-order chi connectivity index (χ0) is 27.2. The molecule has 2 N–H and O–H groups in total. The second-order valence-corrected chi connectivity index (χ2v) is 10.1. The maximum atomic E-state index is 13.3. The number of nitrogens with zero attached hydrogens (tertiary/aromatic N) is 1. The van der Waals surface area contributed by atoms with E-state index in [1.54, 1.807) is 19.1 Å². The zero-order valence-electron chi connectivity index (χ0n) is 20.4. The lowest BCUT2D eigenvalue weighted by molar-refractivity contribution is -0.151. The summed E-state index contributed by atoms with van der Waals surface area (Å²) in [6.07, 6.45) is -0.135. The van der Waals surface area contributed by atoms with Crippen molar-refractivity contribution in [3.05, 3.63) is 99.0 Å². The van der Waals surface area contributed by atoms with Crippen molar-refractivity contribution in [2.24, 2.45) is 5.92 Å². The van der Waals surface area contributed by atoms with Gasteiger partial charge in [-0.25, -0.2) is 0 Å². The van der Waals surface area contributed by atoms with Crippen molar-refractivity contribution in [3.63, 3.8) is 0 Å². The van der Waals surface area contributed by atoms with Crippen LogP contribution in [0.1, 0.15) is 29.0 Å². The largest absolute Gasteiger partial charge is 0.455 e. The van der Waals surface area contributed by atoms with Gasteiger partial charge in [-0.2, -0.15) is 0 Å². The number of aryl methyl sites for hydroxylation is 1. The number of hydrogen-bond acceptors (Lipinski definition) is 5. The SMILES string of the molecule is Cc1cc(Br)c(Cl)cc1NC(=O)COC(=O)[C@H]1CC(=O)N(NC(=O)C(c2ccccc2)c2ccccc2)C1. The molecular weight excluding hydrogens is 574 g/mol. The number of esters is 1. The van der Waals surface area contributed by atoms with Gasteiger partial charge in [-0.3, -0.25) is 29.6 Å². The van der Waals surface area contributed by atoms with Crippen molar-refractivity contribution >= 4 is 56.9 Å². The summed E-state index contributed by atoms with van der Waals surface area (Å²) < 4.78 is 5.85. The third kappa shape index (κ3) is 6.59. The number of carbonyl (C=O) groups excluding carboxylic acids is 4. The molecule has 3 aromatic rings. The van der Waals surface area contributed by atoms with Crippen LogP contribution in [-0.4, -0.2) is 41.9 Å². The minimum atomic E-state index is -0.814. The molecular formula is C28H25BrClN3O5. The number of halogens is 2. The van der Waals surface area contributed by atoms with Gasteiger partial charge in [0.15, 0.2) is 6.61 Å². The number of benzene rings is 3. The van der Waals surface area contributed by atoms with E-state index in [4.69, 9.17) is 16.3 Å². The van der Waals surface area contributed by atoms with E-state index >= 15 is 0 Å². The zero-order valence-corrected chi connectivity index (χ0v) is 22.8. The summed E-state index contributed by atoms with van der Waals surface area (Å²) in [7, 11) is 0. The monoisotopic (exact) mass is 597 g/mol. The van der Waals surface area contributed by atoms with Crippen LogP contribution in [0.25, 0.3) is 0 Å². The van der Waals surface area contributed by atoms with E-state index in [1.807, 2.05) is 60.7 Å². The van der Waals surface area contributed by atoms with Gasteiger partial charge >= 0.3 is 5.97 Å². The van der Waals surface area contributed by atoms with Gasteiger partial charge in [-0.1, -0.05) is 72.3 Å². The molecule has 0 radical (unpaired) electrons. The minimum absolute atomic E-state index is 0.0528. The average molecular weight is 599 g/mol. The first kappa shape index (κ1) is 27.3. The van der Waals surface area contributed by atoms with Crippen LogP contribution in [0.3, 0.4) is 0 Å². The molecule has 3 aromatic carbocycles. The standard InChI is InChI=1S/C28H25BrClN3O5/c1-17-12-21(29)22(30)14-23(17)31-24(34)16-38-28(37)20-13-25(35)33(15-20)32-27(36)26(18-8-4-2-5-9-18)19-10-6-3-7-11-19/h2-12,14,20,26H,13,15-16H2,1H3,(H,31,34)(H,32,36)/t20-/m0/s1. The Hall–Kier alpha value is -3.69. The molecule has 196 valence electrons. The topological polar surface area (TPSA) is 105 Å². The molecule has 1 atom stereocenters. The van der Waals surface area contributed by atoms with E-state index < -0.39 is 42.1 Å². The number of rotatable bonds is 8. The Morgan fingerprint density at radius 3 is 2.26 bits per heavy atom. The number of anilines is 1. The van der Waals surface area contributed by atoms with Crippen molar-refractivity contribution < 1.29 is 23.9 Å². The maximum Gasteiger partial charge on any atom is 0.311 e. The fourth-order valence-electron chi connectivity index (χ4n) is 4.18. The predicted octanol–water partition coefficient (Wildman–Crippen LogP) is 4.60. The number of carbonyl (C=O) groups is 4. The smallest absolute Gasteiger partial charge is 0.311 e. The lowest BCUT2D eigenvalue weighted by Crippen LogP contribution is -2.45. The van der Waals surface area contributed by atoms with E-state index in [2.05, 4.69) is 26.7 Å². The Bertz CT molecular complexity index is 1310. The Balaban J connectivity index is 1.34. The fraction of sp³-hybridized carbons (Fsp3) is 0.214. The third-order valence-corrected chi connectivity index (χ3v) is 7.32. The van der Waals surface area contributed by atoms with Crippen molar-refractivity contribution in [2.45, 2.75) is 19.3 Å². The van der Waals surface area contributed by atoms with E-state index in [-0.39, 0.29) is 13.0 Å². The van der Waals surface area contributed by atoms with Crippen LogP contribution in [0, 0.1) is 12.8 Å². The Morgan fingerprint density at radius 1 is 1.05 bits per heavy atom. The summed E-state index contributed by atoms with van der Waals surface area (Å²) in [6.45, 7) is 1.23. The third-order valence-electron chi connectivity index (χ3n) is 6.12. The molecule has 0 saturated carbocycles. The van der Waals surface area contributed by atoms with Crippen LogP contribution in [0.4, 0.5) is 5.69 Å². The lowest BCUT2D eigenvalue weighted by atomic mass is 9.91. The predicted molar refractivity (Wildman–Crippen MR) is 146 cm³/mol. The molecule has 38 heavy (non-hydrogen) atoms. The van der Waals surface area contributed by atoms with Gasteiger partial charge in [-0.15, -0.1) is 0 Å². The van der Waals surface area contributed by atoms with Crippen LogP contribution in [0.15, 0.2) is 77.3 Å². The number of hydrazine groups is 1. The van der Waals surface area contributed by atoms with Crippen molar-refractivity contribution in [1.29, 1.82) is 0 Å². The molecule has 4 rings (SSSR count). The molecule has 0 aliphatic carbocycles. The highest BCUT2D eigenvalue weighted by molar-refractivity contribution is 9.10. The number of nitrogens with one attached hydrogen (secondary N) is 2. The van der Waals surface area contributed by atoms with E-state index in [1.165, 1.54) is 0 Å². The molecule has 1 heterocycles. The highest BCUT2D eigenvalue weighted by Crippen LogP contribution is 2.29. The molecule has 0 unspecified atom stereocenters. The summed E-state index contributed by atoms with van der Waals surface area (Å²) in [5.41, 5.74) is 5.48. The number of amides is 3. The quantitative estimate of drug-likeness (QED) is 0.369. The highest BCUT2D eigenvalue weighted by Gasteiger charge is 2.37. The number of hydrogen-bond donors (Lipinski definition) is 2. The van der Waals surface area contributed by atoms with Crippen LogP contribution in [-0.2, 0) is 23.9 Å². The lowest BCUT2D eigenvalue weighted by Gasteiger charge is -2.23. The average Bonchev–Trinajstić information content (AvgIpc) is 3.27. The summed E-state index contributed by atoms with van der Waals surface area (Å²) in [6, 6.07) is 21.8. The first-order chi connectivity index (χ1) is 18.2. The summed E-state index contributed by atoms with van der Waals surface area (Å²) in [5, 5.41) is 4.22. The molecule has 0 aromatic heterocycles. The van der Waals surface area contributed by atoms with E-state index in [9.17, 15) is 19.2 Å². The Morgan fingerprint density at radius 2 is 1.66 bits per heavy atom. The molecule has 0 spiro atoms. The van der Waals surface area contributed by atoms with Gasteiger partial charge in [0.2, 0.25) is 5.91 Å². The molecule has 10 heteroatoms. The second kappa shape index (κ2) is 12.2. The van der Waals surface area contributed by atoms with Gasteiger partial charge < -0.3 is 10.1 Å². The molecule has 1 fully saturated rings. The highest BCUT2D eigenvalue weighted by atomic mass is 79.9. The first-order valence-corrected chi connectivity index (χ1v) is 13.0. The van der Waals surface area contributed by atoms with Gasteiger partial charge in [0.25, 0.3) is 11.8 Å². The van der Waals surface area contributed by atoms with Crippen LogP contribution in [0.2, 0.25) is 5.02 Å². The first-order valence-electron chi connectivity index (χ1n) is 11.9. The molecule has 3 amide bonds. The minimum Gasteiger partial charge on any atom is -0.455 e. The summed E-state index contributed by atoms with van der Waals surface area (Å²) >= 11 is 9.40. The van der Waals surface area contributed by atoms with E-state index in [0.717, 1.165) is 21.7 Å². The van der Waals surface area contributed by atoms with E-state index in [0.29, 0.717) is 15.2 Å². The molecule has 8 nitrogen and oxygen atoms in total. The van der Waals surface area contributed by atoms with Crippen molar-refractivity contribution in [1.82, 2.24) is 10.4 Å². The molecule has 1 aliphatic rings. The van der Waals surface area contributed by atoms with Gasteiger partial charge in [0.1, 0.15) is 0 Å².